The molecule has 4 nitrogen and oxygen atoms in total. The third-order valence-corrected chi connectivity index (χ3v) is 2.28. The Labute approximate surface area is 93.0 Å². The number of hydrogen-bond donors (Lipinski definition) is 1. The summed E-state index contributed by atoms with van der Waals surface area (Å²) in [5.41, 5.74) is 6.73. The van der Waals surface area contributed by atoms with Crippen LogP contribution in [-0.4, -0.2) is 12.6 Å². The normalized spacial score (nSPS) is 10.6. The molecule has 1 heterocycles. The van der Waals surface area contributed by atoms with Gasteiger partial charge in [0, 0.05) is 5.39 Å². The number of esters is 1. The Hall–Kier alpha value is -1.81. The number of hydrogen-bond acceptors (Lipinski definition) is 4. The van der Waals surface area contributed by atoms with Crippen molar-refractivity contribution in [1.82, 2.24) is 0 Å². The number of benzene rings is 1. The maximum Gasteiger partial charge on any atom is 0.338 e. The van der Waals surface area contributed by atoms with Crippen molar-refractivity contribution in [2.75, 3.05) is 6.61 Å². The molecule has 0 saturated heterocycles. The van der Waals surface area contributed by atoms with Crippen molar-refractivity contribution in [1.29, 1.82) is 0 Å². The van der Waals surface area contributed by atoms with Crippen molar-refractivity contribution in [3.63, 3.8) is 0 Å². The summed E-state index contributed by atoms with van der Waals surface area (Å²) in [4.78, 5) is 11.5. The summed E-state index contributed by atoms with van der Waals surface area (Å²) in [5.74, 6) is 0.385. The molecule has 0 spiro atoms. The summed E-state index contributed by atoms with van der Waals surface area (Å²) >= 11 is 0. The molecule has 0 atom stereocenters. The lowest BCUT2D eigenvalue weighted by Crippen LogP contribution is -2.03. The van der Waals surface area contributed by atoms with E-state index >= 15 is 0 Å². The molecule has 0 bridgehead atoms. The minimum absolute atomic E-state index is 0.320. The summed E-state index contributed by atoms with van der Waals surface area (Å²) in [6, 6.07) is 7.01. The summed E-state index contributed by atoms with van der Waals surface area (Å²) < 4.78 is 10.4. The van der Waals surface area contributed by atoms with Crippen LogP contribution in [-0.2, 0) is 11.3 Å². The van der Waals surface area contributed by atoms with Crippen LogP contribution < -0.4 is 5.73 Å². The Morgan fingerprint density at radius 3 is 2.94 bits per heavy atom. The summed E-state index contributed by atoms with van der Waals surface area (Å²) in [7, 11) is 0. The van der Waals surface area contributed by atoms with Crippen LogP contribution >= 0.6 is 0 Å². The van der Waals surface area contributed by atoms with E-state index in [-0.39, 0.29) is 5.97 Å². The van der Waals surface area contributed by atoms with Crippen LogP contribution in [0.4, 0.5) is 0 Å². The first-order valence-corrected chi connectivity index (χ1v) is 5.14. The summed E-state index contributed by atoms with van der Waals surface area (Å²) in [6.07, 6.45) is 0. The molecule has 0 amide bonds. The smallest absolute Gasteiger partial charge is 0.338 e. The van der Waals surface area contributed by atoms with E-state index in [2.05, 4.69) is 0 Å². The zero-order valence-corrected chi connectivity index (χ0v) is 9.03. The van der Waals surface area contributed by atoms with E-state index in [0.29, 0.717) is 24.5 Å². The third kappa shape index (κ3) is 1.92. The molecule has 0 radical (unpaired) electrons. The van der Waals surface area contributed by atoms with Gasteiger partial charge in [-0.3, -0.25) is 0 Å². The van der Waals surface area contributed by atoms with Crippen LogP contribution in [0.25, 0.3) is 11.0 Å². The Bertz CT molecular complexity index is 516. The van der Waals surface area contributed by atoms with Gasteiger partial charge in [0.05, 0.1) is 18.7 Å². The highest BCUT2D eigenvalue weighted by Gasteiger charge is 2.09. The van der Waals surface area contributed by atoms with E-state index in [9.17, 15) is 4.79 Å². The van der Waals surface area contributed by atoms with E-state index in [0.717, 1.165) is 11.0 Å². The number of furan rings is 1. The minimum atomic E-state index is -0.320. The lowest BCUT2D eigenvalue weighted by molar-refractivity contribution is 0.0526. The fourth-order valence-corrected chi connectivity index (χ4v) is 1.54. The zero-order chi connectivity index (χ0) is 11.5. The number of carbonyl (C=O) groups is 1. The predicted octanol–water partition coefficient (Wildman–Crippen LogP) is 2.07. The van der Waals surface area contributed by atoms with Gasteiger partial charge >= 0.3 is 5.97 Å². The molecule has 0 aliphatic heterocycles. The summed E-state index contributed by atoms with van der Waals surface area (Å²) in [6.45, 7) is 2.50. The second-order valence-corrected chi connectivity index (χ2v) is 3.39. The van der Waals surface area contributed by atoms with Gasteiger partial charge in [0.2, 0.25) is 0 Å². The first-order valence-electron chi connectivity index (χ1n) is 5.14. The SMILES string of the molecule is CCOC(=O)c1ccc2oc(CN)cc2c1. The van der Waals surface area contributed by atoms with Crippen LogP contribution in [0.5, 0.6) is 0 Å². The van der Waals surface area contributed by atoms with Gasteiger partial charge in [0.15, 0.2) is 0 Å². The molecule has 84 valence electrons. The monoisotopic (exact) mass is 219 g/mol. The molecule has 0 fully saturated rings. The van der Waals surface area contributed by atoms with Gasteiger partial charge in [0.1, 0.15) is 11.3 Å². The maximum absolute atomic E-state index is 11.5. The van der Waals surface area contributed by atoms with Crippen LogP contribution in [0.3, 0.4) is 0 Å². The molecule has 0 aliphatic rings. The molecule has 2 aromatic rings. The second kappa shape index (κ2) is 4.37. The molecular weight excluding hydrogens is 206 g/mol. The number of fused-ring (bicyclic) bond motifs is 1. The average molecular weight is 219 g/mol. The molecule has 4 heteroatoms. The van der Waals surface area contributed by atoms with E-state index in [1.54, 1.807) is 25.1 Å². The van der Waals surface area contributed by atoms with Crippen LogP contribution in [0.15, 0.2) is 28.7 Å². The Balaban J connectivity index is 2.39. The fourth-order valence-electron chi connectivity index (χ4n) is 1.54. The number of carbonyl (C=O) groups excluding carboxylic acids is 1. The van der Waals surface area contributed by atoms with Gasteiger partial charge in [0.25, 0.3) is 0 Å². The molecule has 0 aliphatic carbocycles. The molecular formula is C12H13NO3. The molecule has 0 saturated carbocycles. The van der Waals surface area contributed by atoms with E-state index in [1.807, 2.05) is 6.07 Å². The largest absolute Gasteiger partial charge is 0.462 e. The van der Waals surface area contributed by atoms with E-state index in [1.165, 1.54) is 0 Å². The number of rotatable bonds is 3. The molecule has 2 N–H and O–H groups in total. The van der Waals surface area contributed by atoms with Gasteiger partial charge in [-0.05, 0) is 31.2 Å². The van der Waals surface area contributed by atoms with Crippen LogP contribution in [0.2, 0.25) is 0 Å². The topological polar surface area (TPSA) is 65.5 Å². The van der Waals surface area contributed by atoms with Gasteiger partial charge in [-0.15, -0.1) is 0 Å². The van der Waals surface area contributed by atoms with Crippen molar-refractivity contribution in [2.24, 2.45) is 5.73 Å². The summed E-state index contributed by atoms with van der Waals surface area (Å²) in [5, 5.41) is 0.867. The molecule has 1 aromatic heterocycles. The molecule has 16 heavy (non-hydrogen) atoms. The van der Waals surface area contributed by atoms with E-state index < -0.39 is 0 Å². The van der Waals surface area contributed by atoms with Crippen molar-refractivity contribution in [3.8, 4) is 0 Å². The van der Waals surface area contributed by atoms with Gasteiger partial charge in [-0.2, -0.15) is 0 Å². The van der Waals surface area contributed by atoms with E-state index in [4.69, 9.17) is 14.9 Å². The highest BCUT2D eigenvalue weighted by Crippen LogP contribution is 2.20. The van der Waals surface area contributed by atoms with Gasteiger partial charge in [-0.25, -0.2) is 4.79 Å². The van der Waals surface area contributed by atoms with Crippen molar-refractivity contribution in [3.05, 3.63) is 35.6 Å². The van der Waals surface area contributed by atoms with Crippen LogP contribution in [0, 0.1) is 0 Å². The minimum Gasteiger partial charge on any atom is -0.462 e. The van der Waals surface area contributed by atoms with Crippen molar-refractivity contribution < 1.29 is 13.9 Å². The van der Waals surface area contributed by atoms with Gasteiger partial charge < -0.3 is 14.9 Å². The fraction of sp³-hybridized carbons (Fsp3) is 0.250. The lowest BCUT2D eigenvalue weighted by atomic mass is 10.1. The third-order valence-electron chi connectivity index (χ3n) is 2.28. The van der Waals surface area contributed by atoms with Gasteiger partial charge in [-0.1, -0.05) is 0 Å². The zero-order valence-electron chi connectivity index (χ0n) is 9.03. The first-order chi connectivity index (χ1) is 7.74. The highest BCUT2D eigenvalue weighted by atomic mass is 16.5. The predicted molar refractivity (Wildman–Crippen MR) is 60.1 cm³/mol. The lowest BCUT2D eigenvalue weighted by Gasteiger charge is -2.00. The Kier molecular flexibility index (Phi) is 2.92. The Morgan fingerprint density at radius 1 is 1.44 bits per heavy atom. The molecule has 0 unspecified atom stereocenters. The van der Waals surface area contributed by atoms with Crippen molar-refractivity contribution in [2.45, 2.75) is 13.5 Å². The molecule has 1 aromatic carbocycles. The second-order valence-electron chi connectivity index (χ2n) is 3.39. The average Bonchev–Trinajstić information content (AvgIpc) is 2.70. The number of ether oxygens (including phenoxy) is 1. The Morgan fingerprint density at radius 2 is 2.25 bits per heavy atom. The quantitative estimate of drug-likeness (QED) is 0.802. The standard InChI is InChI=1S/C12H13NO3/c1-2-15-12(14)8-3-4-11-9(5-8)6-10(7-13)16-11/h3-6H,2,7,13H2,1H3. The highest BCUT2D eigenvalue weighted by molar-refractivity contribution is 5.94. The first kappa shape index (κ1) is 10.7. The number of nitrogens with two attached hydrogens (primary N) is 1. The van der Waals surface area contributed by atoms with Crippen molar-refractivity contribution >= 4 is 16.9 Å². The maximum atomic E-state index is 11.5. The molecule has 2 rings (SSSR count). The van der Waals surface area contributed by atoms with Crippen LogP contribution in [0.1, 0.15) is 23.0 Å².